The first-order valence-corrected chi connectivity index (χ1v) is 7.57. The van der Waals surface area contributed by atoms with Gasteiger partial charge in [-0.05, 0) is 49.9 Å². The average Bonchev–Trinajstić information content (AvgIpc) is 2.50. The van der Waals surface area contributed by atoms with Crippen molar-refractivity contribution in [1.29, 1.82) is 5.26 Å². The quantitative estimate of drug-likeness (QED) is 0.925. The Hall–Kier alpha value is -2.02. The van der Waals surface area contributed by atoms with Crippen molar-refractivity contribution in [2.45, 2.75) is 51.7 Å². The third-order valence-electron chi connectivity index (χ3n) is 4.10. The predicted molar refractivity (Wildman–Crippen MR) is 80.8 cm³/mol. The van der Waals surface area contributed by atoms with Gasteiger partial charge in [0.05, 0.1) is 11.6 Å². The van der Waals surface area contributed by atoms with Gasteiger partial charge in [-0.1, -0.05) is 19.8 Å². The Labute approximate surface area is 126 Å². The molecule has 1 aliphatic rings. The maximum atomic E-state index is 12.2. The van der Waals surface area contributed by atoms with Crippen LogP contribution in [0.3, 0.4) is 0 Å². The van der Waals surface area contributed by atoms with E-state index in [2.05, 4.69) is 18.3 Å². The second-order valence-corrected chi connectivity index (χ2v) is 5.77. The van der Waals surface area contributed by atoms with Crippen LogP contribution in [0, 0.1) is 17.2 Å². The van der Waals surface area contributed by atoms with Crippen molar-refractivity contribution in [2.24, 2.45) is 5.92 Å². The van der Waals surface area contributed by atoms with Gasteiger partial charge in [-0.2, -0.15) is 5.26 Å². The van der Waals surface area contributed by atoms with E-state index in [1.165, 1.54) is 19.3 Å². The third kappa shape index (κ3) is 4.22. The summed E-state index contributed by atoms with van der Waals surface area (Å²) in [6.45, 7) is 3.94. The minimum atomic E-state index is -0.535. The molecule has 0 aliphatic heterocycles. The number of amides is 1. The van der Waals surface area contributed by atoms with Crippen LogP contribution in [0.2, 0.25) is 0 Å². The lowest BCUT2D eigenvalue weighted by Gasteiger charge is -2.30. The molecule has 1 saturated carbocycles. The van der Waals surface area contributed by atoms with Crippen LogP contribution in [-0.2, 0) is 4.79 Å². The molecule has 1 amide bonds. The number of benzene rings is 1. The van der Waals surface area contributed by atoms with E-state index in [0.717, 1.165) is 6.42 Å². The van der Waals surface area contributed by atoms with E-state index in [1.807, 2.05) is 0 Å². The topological polar surface area (TPSA) is 62.1 Å². The predicted octanol–water partition coefficient (Wildman–Crippen LogP) is 3.02. The minimum absolute atomic E-state index is 0.0712. The normalized spacial score (nSPS) is 22.9. The van der Waals surface area contributed by atoms with E-state index < -0.39 is 6.10 Å². The Kier molecular flexibility index (Phi) is 5.21. The first-order valence-electron chi connectivity index (χ1n) is 7.57. The Balaban J connectivity index is 1.88. The van der Waals surface area contributed by atoms with Gasteiger partial charge in [0, 0.05) is 6.04 Å². The van der Waals surface area contributed by atoms with E-state index in [1.54, 1.807) is 31.2 Å². The van der Waals surface area contributed by atoms with Crippen LogP contribution >= 0.6 is 0 Å². The number of carbonyl (C=O) groups excluding carboxylic acids is 1. The van der Waals surface area contributed by atoms with Crippen molar-refractivity contribution >= 4 is 5.91 Å². The highest BCUT2D eigenvalue weighted by Gasteiger charge is 2.25. The smallest absolute Gasteiger partial charge is 0.261 e. The van der Waals surface area contributed by atoms with Gasteiger partial charge in [0.15, 0.2) is 6.10 Å². The highest BCUT2D eigenvalue weighted by Crippen LogP contribution is 2.24. The van der Waals surface area contributed by atoms with E-state index in [4.69, 9.17) is 10.00 Å². The maximum absolute atomic E-state index is 12.2. The zero-order valence-electron chi connectivity index (χ0n) is 12.6. The van der Waals surface area contributed by atoms with E-state index >= 15 is 0 Å². The first kappa shape index (κ1) is 15.4. The van der Waals surface area contributed by atoms with Crippen LogP contribution in [0.15, 0.2) is 24.3 Å². The molecule has 3 atom stereocenters. The lowest BCUT2D eigenvalue weighted by molar-refractivity contribution is -0.128. The van der Waals surface area contributed by atoms with Gasteiger partial charge in [0.2, 0.25) is 0 Å². The summed E-state index contributed by atoms with van der Waals surface area (Å²) >= 11 is 0. The summed E-state index contributed by atoms with van der Waals surface area (Å²) in [6, 6.07) is 9.11. The van der Waals surface area contributed by atoms with Crippen molar-refractivity contribution in [3.63, 3.8) is 0 Å². The number of hydrogen-bond donors (Lipinski definition) is 1. The number of carbonyl (C=O) groups is 1. The summed E-state index contributed by atoms with van der Waals surface area (Å²) in [6.07, 6.45) is 4.13. The molecule has 4 heteroatoms. The van der Waals surface area contributed by atoms with Crippen LogP contribution in [0.5, 0.6) is 5.75 Å². The summed E-state index contributed by atoms with van der Waals surface area (Å²) in [5.41, 5.74) is 0.579. The molecule has 1 N–H and O–H groups in total. The van der Waals surface area contributed by atoms with Crippen molar-refractivity contribution in [3.8, 4) is 11.8 Å². The molecule has 21 heavy (non-hydrogen) atoms. The lowest BCUT2D eigenvalue weighted by atomic mass is 9.86. The fourth-order valence-corrected chi connectivity index (χ4v) is 2.70. The highest BCUT2D eigenvalue weighted by atomic mass is 16.5. The summed E-state index contributed by atoms with van der Waals surface area (Å²) in [5.74, 6) is 1.07. The summed E-state index contributed by atoms with van der Waals surface area (Å²) in [5, 5.41) is 11.8. The Morgan fingerprint density at radius 3 is 2.62 bits per heavy atom. The van der Waals surface area contributed by atoms with Gasteiger partial charge in [0.1, 0.15) is 5.75 Å². The molecule has 1 aliphatic carbocycles. The van der Waals surface area contributed by atoms with Crippen LogP contribution in [0.4, 0.5) is 0 Å². The molecule has 1 fully saturated rings. The van der Waals surface area contributed by atoms with Gasteiger partial charge in [-0.3, -0.25) is 4.79 Å². The number of nitrogens with zero attached hydrogens (tertiary/aromatic N) is 1. The van der Waals surface area contributed by atoms with Gasteiger partial charge >= 0.3 is 0 Å². The molecule has 0 radical (unpaired) electrons. The molecule has 0 aromatic heterocycles. The molecular formula is C17H22N2O2. The second kappa shape index (κ2) is 7.12. The number of nitriles is 1. The first-order chi connectivity index (χ1) is 10.1. The Bertz CT molecular complexity index is 519. The molecule has 4 nitrogen and oxygen atoms in total. The van der Waals surface area contributed by atoms with Gasteiger partial charge in [-0.15, -0.1) is 0 Å². The molecule has 2 rings (SSSR count). The molecule has 0 bridgehead atoms. The number of nitrogens with one attached hydrogen (secondary N) is 1. The van der Waals surface area contributed by atoms with Gasteiger partial charge < -0.3 is 10.1 Å². The Morgan fingerprint density at radius 2 is 2.00 bits per heavy atom. The molecule has 0 unspecified atom stereocenters. The molecule has 0 saturated heterocycles. The second-order valence-electron chi connectivity index (χ2n) is 5.77. The standard InChI is InChI=1S/C17H22N2O2/c1-12-5-3-4-6-16(12)19-17(20)13(2)21-15-9-7-14(11-18)8-10-15/h7-10,12-13,16H,3-6H2,1-2H3,(H,19,20)/t12-,13+,16-/m0/s1. The summed E-state index contributed by atoms with van der Waals surface area (Å²) in [4.78, 5) is 12.2. The molecule has 0 spiro atoms. The van der Waals surface area contributed by atoms with Crippen molar-refractivity contribution in [1.82, 2.24) is 5.32 Å². The molecule has 0 heterocycles. The van der Waals surface area contributed by atoms with Crippen molar-refractivity contribution < 1.29 is 9.53 Å². The molecule has 112 valence electrons. The third-order valence-corrected chi connectivity index (χ3v) is 4.10. The summed E-state index contributed by atoms with van der Waals surface area (Å²) < 4.78 is 5.63. The zero-order chi connectivity index (χ0) is 15.2. The zero-order valence-corrected chi connectivity index (χ0v) is 12.6. The number of hydrogen-bond acceptors (Lipinski definition) is 3. The molecule has 1 aromatic carbocycles. The number of ether oxygens (including phenoxy) is 1. The largest absolute Gasteiger partial charge is 0.481 e. The van der Waals surface area contributed by atoms with E-state index in [0.29, 0.717) is 17.2 Å². The van der Waals surface area contributed by atoms with Crippen molar-refractivity contribution in [2.75, 3.05) is 0 Å². The fraction of sp³-hybridized carbons (Fsp3) is 0.529. The highest BCUT2D eigenvalue weighted by molar-refractivity contribution is 5.81. The lowest BCUT2D eigenvalue weighted by Crippen LogP contribution is -2.46. The van der Waals surface area contributed by atoms with Crippen LogP contribution in [0.1, 0.15) is 45.1 Å². The van der Waals surface area contributed by atoms with Crippen LogP contribution < -0.4 is 10.1 Å². The summed E-state index contributed by atoms with van der Waals surface area (Å²) in [7, 11) is 0. The van der Waals surface area contributed by atoms with Crippen LogP contribution in [-0.4, -0.2) is 18.1 Å². The van der Waals surface area contributed by atoms with E-state index in [-0.39, 0.29) is 11.9 Å². The number of rotatable bonds is 4. The van der Waals surface area contributed by atoms with Crippen LogP contribution in [0.25, 0.3) is 0 Å². The fourth-order valence-electron chi connectivity index (χ4n) is 2.70. The Morgan fingerprint density at radius 1 is 1.33 bits per heavy atom. The average molecular weight is 286 g/mol. The minimum Gasteiger partial charge on any atom is -0.481 e. The molecule has 1 aromatic rings. The maximum Gasteiger partial charge on any atom is 0.261 e. The SMILES string of the molecule is C[C@@H](Oc1ccc(C#N)cc1)C(=O)N[C@H]1CCCC[C@@H]1C. The monoisotopic (exact) mass is 286 g/mol. The van der Waals surface area contributed by atoms with E-state index in [9.17, 15) is 4.79 Å². The van der Waals surface area contributed by atoms with Gasteiger partial charge in [0.25, 0.3) is 5.91 Å². The van der Waals surface area contributed by atoms with Gasteiger partial charge in [-0.25, -0.2) is 0 Å². The molecular weight excluding hydrogens is 264 g/mol. The van der Waals surface area contributed by atoms with Crippen molar-refractivity contribution in [3.05, 3.63) is 29.8 Å².